The van der Waals surface area contributed by atoms with E-state index in [1.165, 1.54) is 27.3 Å². The molecule has 5 nitrogen and oxygen atoms in total. The van der Waals surface area contributed by atoms with Gasteiger partial charge in [-0.2, -0.15) is 0 Å². The zero-order chi connectivity index (χ0) is 38.3. The molecule has 56 heavy (non-hydrogen) atoms. The van der Waals surface area contributed by atoms with Gasteiger partial charge in [0.1, 0.15) is 5.82 Å². The molecule has 0 unspecified atom stereocenters. The van der Waals surface area contributed by atoms with Gasteiger partial charge in [-0.1, -0.05) is 126 Å². The van der Waals surface area contributed by atoms with Gasteiger partial charge in [0.2, 0.25) is 0 Å². The Hall–Kier alpha value is -6.59. The molecule has 10 rings (SSSR count). The molecule has 1 aliphatic rings. The van der Waals surface area contributed by atoms with E-state index in [0.717, 1.165) is 72.9 Å². The summed E-state index contributed by atoms with van der Waals surface area (Å²) >= 11 is 0. The monoisotopic (exact) mass is 725 g/mol. The van der Waals surface area contributed by atoms with Crippen LogP contribution in [-0.2, 0) is 10.8 Å². The van der Waals surface area contributed by atoms with E-state index >= 15 is 0 Å². The molecule has 0 fully saturated rings. The molecule has 1 N–H and O–H groups in total. The third kappa shape index (κ3) is 5.65. The number of aromatic nitrogens is 4. The average molecular weight is 726 g/mol. The molecule has 1 aliphatic heterocycles. The quantitative estimate of drug-likeness (QED) is 0.193. The largest absolute Gasteiger partial charge is 0.353 e. The van der Waals surface area contributed by atoms with Crippen LogP contribution in [0.5, 0.6) is 0 Å². The first-order valence-electron chi connectivity index (χ1n) is 19.4. The van der Waals surface area contributed by atoms with Crippen LogP contribution < -0.4 is 4.90 Å². The number of aromatic amines is 1. The third-order valence-corrected chi connectivity index (χ3v) is 11.2. The van der Waals surface area contributed by atoms with Gasteiger partial charge in [0.15, 0.2) is 5.82 Å². The smallest absolute Gasteiger partial charge is 0.162 e. The Morgan fingerprint density at radius 3 is 1.86 bits per heavy atom. The Morgan fingerprint density at radius 2 is 1.09 bits per heavy atom. The van der Waals surface area contributed by atoms with Crippen molar-refractivity contribution in [3.8, 4) is 45.2 Å². The van der Waals surface area contributed by atoms with Crippen LogP contribution in [0.3, 0.4) is 0 Å². The number of hydrogen-bond acceptors (Lipinski definition) is 4. The van der Waals surface area contributed by atoms with Gasteiger partial charge in [-0.25, -0.2) is 15.0 Å². The molecule has 4 heterocycles. The van der Waals surface area contributed by atoms with Gasteiger partial charge >= 0.3 is 0 Å². The molecule has 9 aromatic rings. The highest BCUT2D eigenvalue weighted by Gasteiger charge is 2.26. The SMILES string of the molecule is CC(C)(C)c1cc2c3[nH]c4c(cc(C(C)(C)C)cc4c3c1)-c1nc(-c3ccccc3)cc(n1)-c1cccc(n1)N(c1cccc3ccccc13)c1cccc-2c1. The highest BCUT2D eigenvalue weighted by atomic mass is 15.2. The summed E-state index contributed by atoms with van der Waals surface area (Å²) in [6, 6.07) is 52.1. The maximum Gasteiger partial charge on any atom is 0.162 e. The van der Waals surface area contributed by atoms with E-state index < -0.39 is 0 Å². The summed E-state index contributed by atoms with van der Waals surface area (Å²) in [5, 5.41) is 4.69. The second-order valence-corrected chi connectivity index (χ2v) is 17.1. The fraction of sp³-hybridized carbons (Fsp3) is 0.157. The fourth-order valence-corrected chi connectivity index (χ4v) is 8.13. The minimum absolute atomic E-state index is 0.0865. The van der Waals surface area contributed by atoms with Crippen molar-refractivity contribution in [2.24, 2.45) is 0 Å². The summed E-state index contributed by atoms with van der Waals surface area (Å²) < 4.78 is 0. The highest BCUT2D eigenvalue weighted by molar-refractivity contribution is 6.16. The lowest BCUT2D eigenvalue weighted by Gasteiger charge is -2.27. The normalized spacial score (nSPS) is 12.8. The molecule has 8 bridgehead atoms. The average Bonchev–Trinajstić information content (AvgIpc) is 3.59. The van der Waals surface area contributed by atoms with Crippen molar-refractivity contribution in [3.63, 3.8) is 0 Å². The number of anilines is 3. The summed E-state index contributed by atoms with van der Waals surface area (Å²) in [5.41, 5.74) is 13.2. The Labute approximate surface area is 327 Å². The minimum atomic E-state index is -0.118. The Bertz CT molecular complexity index is 2990. The first kappa shape index (κ1) is 33.9. The number of hydrogen-bond donors (Lipinski definition) is 1. The van der Waals surface area contributed by atoms with E-state index in [1.54, 1.807) is 0 Å². The van der Waals surface area contributed by atoms with Gasteiger partial charge in [0.05, 0.1) is 33.8 Å². The molecule has 3 aromatic heterocycles. The molecular weight excluding hydrogens is 683 g/mol. The Morgan fingerprint density at radius 1 is 0.464 bits per heavy atom. The van der Waals surface area contributed by atoms with Crippen molar-refractivity contribution >= 4 is 49.8 Å². The molecule has 0 amide bonds. The van der Waals surface area contributed by atoms with Gasteiger partial charge in [-0.15, -0.1) is 0 Å². The van der Waals surface area contributed by atoms with Crippen LogP contribution in [0.2, 0.25) is 0 Å². The third-order valence-electron chi connectivity index (χ3n) is 11.2. The van der Waals surface area contributed by atoms with Gasteiger partial charge in [0, 0.05) is 38.5 Å². The molecule has 0 radical (unpaired) electrons. The molecular formula is C51H43N5. The maximum atomic E-state index is 5.44. The molecule has 6 aromatic carbocycles. The first-order valence-corrected chi connectivity index (χ1v) is 19.4. The first-order chi connectivity index (χ1) is 27.0. The van der Waals surface area contributed by atoms with E-state index in [4.69, 9.17) is 15.0 Å². The highest BCUT2D eigenvalue weighted by Crippen LogP contribution is 2.45. The summed E-state index contributed by atoms with van der Waals surface area (Å²) in [7, 11) is 0. The lowest BCUT2D eigenvalue weighted by molar-refractivity contribution is 0.590. The second kappa shape index (κ2) is 12.5. The topological polar surface area (TPSA) is 57.7 Å². The molecule has 0 spiro atoms. The molecule has 0 atom stereocenters. The van der Waals surface area contributed by atoms with Crippen LogP contribution in [0.4, 0.5) is 17.2 Å². The van der Waals surface area contributed by atoms with Crippen molar-refractivity contribution < 1.29 is 0 Å². The molecule has 0 saturated carbocycles. The van der Waals surface area contributed by atoms with Crippen molar-refractivity contribution in [3.05, 3.63) is 157 Å². The second-order valence-electron chi connectivity index (χ2n) is 17.1. The van der Waals surface area contributed by atoms with Crippen LogP contribution in [0.25, 0.3) is 77.7 Å². The number of nitrogens with one attached hydrogen (secondary N) is 1. The zero-order valence-electron chi connectivity index (χ0n) is 32.6. The van der Waals surface area contributed by atoms with E-state index in [1.807, 2.05) is 6.07 Å². The number of benzene rings is 6. The Kier molecular flexibility index (Phi) is 7.56. The fourth-order valence-electron chi connectivity index (χ4n) is 8.13. The van der Waals surface area contributed by atoms with E-state index in [-0.39, 0.29) is 10.8 Å². The molecule has 0 saturated heterocycles. The van der Waals surface area contributed by atoms with Gasteiger partial charge in [0.25, 0.3) is 0 Å². The van der Waals surface area contributed by atoms with Gasteiger partial charge in [-0.05, 0) is 93.6 Å². The number of nitrogens with zero attached hydrogens (tertiary/aromatic N) is 4. The zero-order valence-corrected chi connectivity index (χ0v) is 32.6. The van der Waals surface area contributed by atoms with Crippen molar-refractivity contribution in [1.29, 1.82) is 0 Å². The predicted molar refractivity (Wildman–Crippen MR) is 234 cm³/mol. The van der Waals surface area contributed by atoms with E-state index in [9.17, 15) is 0 Å². The van der Waals surface area contributed by atoms with Crippen molar-refractivity contribution in [1.82, 2.24) is 19.9 Å². The van der Waals surface area contributed by atoms with Crippen LogP contribution >= 0.6 is 0 Å². The van der Waals surface area contributed by atoms with Gasteiger partial charge in [-0.3, -0.25) is 4.90 Å². The number of H-pyrrole nitrogens is 1. The van der Waals surface area contributed by atoms with Crippen LogP contribution in [0.1, 0.15) is 52.7 Å². The summed E-state index contributed by atoms with van der Waals surface area (Å²) in [4.78, 5) is 22.5. The maximum absolute atomic E-state index is 5.44. The van der Waals surface area contributed by atoms with Gasteiger partial charge < -0.3 is 4.98 Å². The lowest BCUT2D eigenvalue weighted by atomic mass is 9.83. The number of rotatable bonds is 2. The Balaban J connectivity index is 1.38. The van der Waals surface area contributed by atoms with E-state index in [0.29, 0.717) is 5.82 Å². The molecule has 272 valence electrons. The van der Waals surface area contributed by atoms with E-state index in [2.05, 4.69) is 191 Å². The predicted octanol–water partition coefficient (Wildman–Crippen LogP) is 13.7. The number of fused-ring (bicyclic) bond motifs is 11. The summed E-state index contributed by atoms with van der Waals surface area (Å²) in [5.74, 6) is 1.47. The van der Waals surface area contributed by atoms with Crippen molar-refractivity contribution in [2.75, 3.05) is 4.90 Å². The molecule has 5 heteroatoms. The lowest BCUT2D eigenvalue weighted by Crippen LogP contribution is -2.13. The van der Waals surface area contributed by atoms with Crippen LogP contribution in [-0.4, -0.2) is 19.9 Å². The number of pyridine rings is 1. The van der Waals surface area contributed by atoms with Crippen molar-refractivity contribution in [2.45, 2.75) is 52.4 Å². The van der Waals surface area contributed by atoms with Crippen LogP contribution in [0, 0.1) is 0 Å². The van der Waals surface area contributed by atoms with Crippen LogP contribution in [0.15, 0.2) is 146 Å². The molecule has 0 aliphatic carbocycles. The summed E-state index contributed by atoms with van der Waals surface area (Å²) in [6.45, 7) is 13.7. The summed E-state index contributed by atoms with van der Waals surface area (Å²) in [6.07, 6.45) is 0. The standard InChI is InChI=1S/C51H43N5/c1-50(2,3)34-26-38-33-19-12-20-36(25-33)56(45-23-13-18-31-15-10-11-21-37(31)45)46-24-14-22-42(52-46)44-30-43(32-16-8-7-9-17-32)53-49(54-44)41-29-35(51(4,5)6)28-40-39(27-34)47(38)55-48(40)41/h7-30,55H,1-6H3. The minimum Gasteiger partial charge on any atom is -0.353 e.